The summed E-state index contributed by atoms with van der Waals surface area (Å²) in [6.07, 6.45) is 13.8. The summed E-state index contributed by atoms with van der Waals surface area (Å²) < 4.78 is 0. The van der Waals surface area contributed by atoms with Crippen LogP contribution in [-0.4, -0.2) is 42.6 Å². The number of rotatable bonds is 5. The van der Waals surface area contributed by atoms with Crippen LogP contribution in [0.15, 0.2) is 49.1 Å². The molecule has 2 N–H and O–H groups in total. The Hall–Kier alpha value is -1.81. The van der Waals surface area contributed by atoms with Crippen LogP contribution in [0.25, 0.3) is 0 Å². The Morgan fingerprint density at radius 1 is 1.18 bits per heavy atom. The molecular weight excluding hydrogens is 274 g/mol. The second kappa shape index (κ2) is 6.53. The summed E-state index contributed by atoms with van der Waals surface area (Å²) in [4.78, 5) is 13.8. The first-order valence-electron chi connectivity index (χ1n) is 7.84. The van der Waals surface area contributed by atoms with E-state index >= 15 is 0 Å². The zero-order valence-corrected chi connectivity index (χ0v) is 13.7. The van der Waals surface area contributed by atoms with E-state index in [1.54, 1.807) is 6.08 Å². The molecule has 0 bridgehead atoms. The fraction of sp³-hybridized carbons (Fsp3) is 0.500. The van der Waals surface area contributed by atoms with E-state index in [1.807, 2.05) is 12.2 Å². The summed E-state index contributed by atoms with van der Waals surface area (Å²) in [5, 5.41) is 6.02. The number of likely N-dealkylation sites (N-methyl/N-ethyl adjacent to an activating group) is 1. The summed E-state index contributed by atoms with van der Waals surface area (Å²) in [5.74, 6) is 0. The van der Waals surface area contributed by atoms with Gasteiger partial charge in [0.15, 0.2) is 0 Å². The van der Waals surface area contributed by atoms with Crippen molar-refractivity contribution in [1.82, 2.24) is 15.5 Å². The first-order chi connectivity index (χ1) is 10.5. The van der Waals surface area contributed by atoms with E-state index in [4.69, 9.17) is 0 Å². The van der Waals surface area contributed by atoms with Gasteiger partial charge in [0.2, 0.25) is 0 Å². The third-order valence-electron chi connectivity index (χ3n) is 5.10. The van der Waals surface area contributed by atoms with Gasteiger partial charge in [0.25, 0.3) is 0 Å². The Labute approximate surface area is 133 Å². The fourth-order valence-electron chi connectivity index (χ4n) is 3.68. The molecule has 0 aromatic heterocycles. The minimum absolute atomic E-state index is 0.0216. The molecule has 2 amide bonds. The Morgan fingerprint density at radius 2 is 1.86 bits per heavy atom. The molecule has 0 aromatic carbocycles. The molecule has 0 atom stereocenters. The van der Waals surface area contributed by atoms with Crippen molar-refractivity contribution < 1.29 is 4.79 Å². The second-order valence-electron chi connectivity index (χ2n) is 6.47. The van der Waals surface area contributed by atoms with E-state index < -0.39 is 0 Å². The van der Waals surface area contributed by atoms with Crippen LogP contribution in [0.3, 0.4) is 0 Å². The van der Waals surface area contributed by atoms with Gasteiger partial charge in [-0.25, -0.2) is 4.79 Å². The van der Waals surface area contributed by atoms with Gasteiger partial charge in [-0.15, -0.1) is 0 Å². The first kappa shape index (κ1) is 16.6. The summed E-state index contributed by atoms with van der Waals surface area (Å²) in [6.45, 7) is 8.35. The number of urea groups is 1. The largest absolute Gasteiger partial charge is 0.336 e. The summed E-state index contributed by atoms with van der Waals surface area (Å²) in [6, 6.07) is -0.0363. The van der Waals surface area contributed by atoms with Crippen molar-refractivity contribution in [3.05, 3.63) is 49.1 Å². The third-order valence-corrected chi connectivity index (χ3v) is 5.10. The minimum Gasteiger partial charge on any atom is -0.336 e. The smallest absolute Gasteiger partial charge is 0.315 e. The molecule has 4 heteroatoms. The van der Waals surface area contributed by atoms with Gasteiger partial charge in [0.1, 0.15) is 0 Å². The van der Waals surface area contributed by atoms with E-state index in [-0.39, 0.29) is 17.1 Å². The van der Waals surface area contributed by atoms with Crippen LogP contribution in [0.1, 0.15) is 25.7 Å². The molecule has 1 heterocycles. The summed E-state index contributed by atoms with van der Waals surface area (Å²) in [5.41, 5.74) is 1.16. The Kier molecular flexibility index (Phi) is 4.91. The Balaban J connectivity index is 2.26. The lowest BCUT2D eigenvalue weighted by Crippen LogP contribution is -2.56. The highest BCUT2D eigenvalue weighted by Gasteiger charge is 2.48. The van der Waals surface area contributed by atoms with Crippen LogP contribution in [0, 0.1) is 0 Å². The standard InChI is InChI=1S/C18H27N3O/c1-5-7-9-15(8-6-2)18(21(3)4)12-10-17(11-13-18)14-19-16(22)20-17/h5-9H,1-2,10-14H2,3-4H3,(H2,19,20,22)/b9-7-,15-8+. The lowest BCUT2D eigenvalue weighted by Gasteiger charge is -2.49. The first-order valence-corrected chi connectivity index (χ1v) is 7.84. The van der Waals surface area contributed by atoms with Crippen molar-refractivity contribution in [1.29, 1.82) is 0 Å². The lowest BCUT2D eigenvalue weighted by atomic mass is 9.68. The van der Waals surface area contributed by atoms with Crippen molar-refractivity contribution in [3.8, 4) is 0 Å². The molecule has 2 aliphatic rings. The quantitative estimate of drug-likeness (QED) is 0.767. The zero-order valence-electron chi connectivity index (χ0n) is 13.7. The maximum absolute atomic E-state index is 11.5. The van der Waals surface area contributed by atoms with Crippen LogP contribution in [0.2, 0.25) is 0 Å². The third kappa shape index (κ3) is 3.02. The summed E-state index contributed by atoms with van der Waals surface area (Å²) in [7, 11) is 4.25. The van der Waals surface area contributed by atoms with Gasteiger partial charge in [0.05, 0.1) is 5.54 Å². The van der Waals surface area contributed by atoms with Gasteiger partial charge in [-0.05, 0) is 45.4 Å². The molecule has 22 heavy (non-hydrogen) atoms. The van der Waals surface area contributed by atoms with E-state index in [0.717, 1.165) is 32.2 Å². The number of nitrogens with one attached hydrogen (secondary N) is 2. The molecular formula is C18H27N3O. The van der Waals surface area contributed by atoms with Crippen LogP contribution in [-0.2, 0) is 0 Å². The maximum Gasteiger partial charge on any atom is 0.315 e. The number of amides is 2. The highest BCUT2D eigenvalue weighted by atomic mass is 16.2. The zero-order chi connectivity index (χ0) is 16.2. The fourth-order valence-corrected chi connectivity index (χ4v) is 3.68. The molecule has 0 radical (unpaired) electrons. The van der Waals surface area contributed by atoms with Gasteiger partial charge >= 0.3 is 6.03 Å². The van der Waals surface area contributed by atoms with Gasteiger partial charge in [-0.3, -0.25) is 4.90 Å². The summed E-state index contributed by atoms with van der Waals surface area (Å²) >= 11 is 0. The van der Waals surface area contributed by atoms with Crippen LogP contribution >= 0.6 is 0 Å². The molecule has 1 aliphatic heterocycles. The van der Waals surface area contributed by atoms with Crippen LogP contribution in [0.5, 0.6) is 0 Å². The topological polar surface area (TPSA) is 44.4 Å². The van der Waals surface area contributed by atoms with E-state index in [2.05, 4.69) is 54.9 Å². The average molecular weight is 301 g/mol. The maximum atomic E-state index is 11.5. The molecule has 1 aliphatic carbocycles. The number of nitrogens with zero attached hydrogens (tertiary/aromatic N) is 1. The number of allylic oxidation sites excluding steroid dienone is 4. The Morgan fingerprint density at radius 3 is 2.32 bits per heavy atom. The molecule has 1 saturated carbocycles. The molecule has 4 nitrogen and oxygen atoms in total. The number of hydrogen-bond donors (Lipinski definition) is 2. The van der Waals surface area contributed by atoms with Crippen molar-refractivity contribution in [2.45, 2.75) is 36.8 Å². The van der Waals surface area contributed by atoms with E-state index in [0.29, 0.717) is 0 Å². The van der Waals surface area contributed by atoms with Gasteiger partial charge in [-0.2, -0.15) is 0 Å². The molecule has 1 spiro atoms. The molecule has 2 fully saturated rings. The lowest BCUT2D eigenvalue weighted by molar-refractivity contribution is 0.101. The van der Waals surface area contributed by atoms with Gasteiger partial charge in [0, 0.05) is 12.1 Å². The molecule has 2 rings (SSSR count). The predicted molar refractivity (Wildman–Crippen MR) is 91.8 cm³/mol. The minimum atomic E-state index is -0.0714. The normalized spacial score (nSPS) is 32.3. The average Bonchev–Trinajstić information content (AvgIpc) is 2.85. The van der Waals surface area contributed by atoms with Crippen molar-refractivity contribution in [2.24, 2.45) is 0 Å². The highest BCUT2D eigenvalue weighted by Crippen LogP contribution is 2.43. The van der Waals surface area contributed by atoms with E-state index in [1.165, 1.54) is 5.57 Å². The van der Waals surface area contributed by atoms with Crippen molar-refractivity contribution >= 4 is 6.03 Å². The van der Waals surface area contributed by atoms with Crippen LogP contribution < -0.4 is 10.6 Å². The van der Waals surface area contributed by atoms with E-state index in [9.17, 15) is 4.79 Å². The molecule has 0 aromatic rings. The van der Waals surface area contributed by atoms with Gasteiger partial charge < -0.3 is 10.6 Å². The number of carbonyl (C=O) groups excluding carboxylic acids is 1. The molecule has 1 saturated heterocycles. The SMILES string of the molecule is C=C/C=C\C(=C/C=C)C1(N(C)C)CCC2(CC1)CNC(=O)N2. The number of hydrogen-bond acceptors (Lipinski definition) is 2. The monoisotopic (exact) mass is 301 g/mol. The predicted octanol–water partition coefficient (Wildman–Crippen LogP) is 2.77. The van der Waals surface area contributed by atoms with Gasteiger partial charge in [-0.1, -0.05) is 43.5 Å². The molecule has 120 valence electrons. The van der Waals surface area contributed by atoms with Crippen LogP contribution in [0.4, 0.5) is 4.79 Å². The van der Waals surface area contributed by atoms with Crippen molar-refractivity contribution in [3.63, 3.8) is 0 Å². The second-order valence-corrected chi connectivity index (χ2v) is 6.47. The number of carbonyl (C=O) groups is 1. The Bertz CT molecular complexity index is 508. The molecule has 0 unspecified atom stereocenters. The highest BCUT2D eigenvalue weighted by molar-refractivity contribution is 5.77. The van der Waals surface area contributed by atoms with Crippen molar-refractivity contribution in [2.75, 3.05) is 20.6 Å².